The van der Waals surface area contributed by atoms with Crippen molar-refractivity contribution >= 4 is 17.4 Å². The summed E-state index contributed by atoms with van der Waals surface area (Å²) in [4.78, 5) is 24.8. The number of aliphatic carboxylic acids is 1. The average Bonchev–Trinajstić information content (AvgIpc) is 3.56. The first-order valence-electron chi connectivity index (χ1n) is 12.8. The van der Waals surface area contributed by atoms with E-state index in [1.165, 1.54) is 6.07 Å². The maximum Gasteiger partial charge on any atom is 0.317 e. The molecule has 1 unspecified atom stereocenters. The van der Waals surface area contributed by atoms with E-state index in [0.29, 0.717) is 5.92 Å². The second-order valence-electron chi connectivity index (χ2n) is 9.90. The van der Waals surface area contributed by atoms with E-state index < -0.39 is 5.97 Å². The molecule has 1 N–H and O–H groups in total. The molecule has 4 aromatic rings. The number of pyridine rings is 1. The summed E-state index contributed by atoms with van der Waals surface area (Å²) in [6.07, 6.45) is 5.55. The van der Waals surface area contributed by atoms with Crippen LogP contribution in [-0.2, 0) is 4.79 Å². The van der Waals surface area contributed by atoms with E-state index in [4.69, 9.17) is 15.2 Å². The molecule has 6 rings (SSSR count). The third-order valence-electron chi connectivity index (χ3n) is 7.53. The second-order valence-corrected chi connectivity index (χ2v) is 9.90. The highest BCUT2D eigenvalue weighted by atomic mass is 19.1. The summed E-state index contributed by atoms with van der Waals surface area (Å²) in [5.74, 6) is 0.127. The first-order valence-corrected chi connectivity index (χ1v) is 12.8. The van der Waals surface area contributed by atoms with Crippen LogP contribution in [0.5, 0.6) is 0 Å². The molecule has 2 aliphatic heterocycles. The summed E-state index contributed by atoms with van der Waals surface area (Å²) in [7, 11) is 0. The quantitative estimate of drug-likeness (QED) is 0.416. The molecule has 37 heavy (non-hydrogen) atoms. The highest BCUT2D eigenvalue weighted by Gasteiger charge is 2.28. The van der Waals surface area contributed by atoms with Crippen LogP contribution >= 0.6 is 0 Å². The van der Waals surface area contributed by atoms with Gasteiger partial charge >= 0.3 is 5.97 Å². The maximum absolute atomic E-state index is 13.9. The lowest BCUT2D eigenvalue weighted by Crippen LogP contribution is -2.36. The Hall–Kier alpha value is -3.85. The van der Waals surface area contributed by atoms with Gasteiger partial charge in [-0.2, -0.15) is 0 Å². The Kier molecular flexibility index (Phi) is 6.30. The van der Waals surface area contributed by atoms with Crippen molar-refractivity contribution in [2.24, 2.45) is 0 Å². The van der Waals surface area contributed by atoms with Crippen LogP contribution in [0.25, 0.3) is 17.0 Å². The van der Waals surface area contributed by atoms with Crippen molar-refractivity contribution < 1.29 is 14.3 Å². The minimum atomic E-state index is -0.783. The van der Waals surface area contributed by atoms with Gasteiger partial charge in [0.1, 0.15) is 17.3 Å². The van der Waals surface area contributed by atoms with E-state index in [1.807, 2.05) is 45.9 Å². The molecule has 0 aliphatic carbocycles. The smallest absolute Gasteiger partial charge is 0.317 e. The van der Waals surface area contributed by atoms with Gasteiger partial charge in [0, 0.05) is 18.2 Å². The zero-order chi connectivity index (χ0) is 25.4. The number of fused-ring (bicyclic) bond motifs is 1. The standard InChI is InChI=1S/C28H29FN6O2/c29-21-5-1-4-20(16-21)24-8-3-13-34(24)27-10-9-26-30-17-25(35(26)32-27)23-7-2-6-22(31-23)19-11-14-33(15-12-19)18-28(36)37/h1-2,4-7,9-10,16-17,19,24H,3,8,11-15,18H2,(H,36,37). The fourth-order valence-corrected chi connectivity index (χ4v) is 5.69. The highest BCUT2D eigenvalue weighted by molar-refractivity contribution is 5.69. The molecule has 0 spiro atoms. The summed E-state index contributed by atoms with van der Waals surface area (Å²) in [5.41, 5.74) is 4.36. The van der Waals surface area contributed by atoms with Crippen LogP contribution in [0.15, 0.2) is 60.8 Å². The Morgan fingerprint density at radius 1 is 1.03 bits per heavy atom. The van der Waals surface area contributed by atoms with Crippen molar-refractivity contribution in [2.75, 3.05) is 31.1 Å². The molecule has 5 heterocycles. The van der Waals surface area contributed by atoms with Crippen LogP contribution in [0.3, 0.4) is 0 Å². The number of halogens is 1. The highest BCUT2D eigenvalue weighted by Crippen LogP contribution is 2.36. The first kappa shape index (κ1) is 23.5. The number of aromatic nitrogens is 4. The van der Waals surface area contributed by atoms with Gasteiger partial charge in [-0.15, -0.1) is 5.10 Å². The van der Waals surface area contributed by atoms with Gasteiger partial charge in [-0.25, -0.2) is 13.9 Å². The van der Waals surface area contributed by atoms with Crippen LogP contribution < -0.4 is 4.90 Å². The van der Waals surface area contributed by atoms with E-state index in [0.717, 1.165) is 79.4 Å². The van der Waals surface area contributed by atoms with Crippen molar-refractivity contribution in [1.82, 2.24) is 24.5 Å². The molecule has 2 fully saturated rings. The van der Waals surface area contributed by atoms with E-state index in [2.05, 4.69) is 16.0 Å². The SMILES string of the molecule is O=C(O)CN1CCC(c2cccc(-c3cnc4ccc(N5CCCC5c5cccc(F)c5)nn34)n2)CC1. The molecule has 0 amide bonds. The van der Waals surface area contributed by atoms with Gasteiger partial charge in [0.05, 0.1) is 24.5 Å². The Labute approximate surface area is 214 Å². The van der Waals surface area contributed by atoms with E-state index in [-0.39, 0.29) is 18.4 Å². The Morgan fingerprint density at radius 3 is 2.68 bits per heavy atom. The number of piperidine rings is 1. The number of carbonyl (C=O) groups is 1. The molecular weight excluding hydrogens is 471 g/mol. The van der Waals surface area contributed by atoms with Gasteiger partial charge < -0.3 is 10.0 Å². The molecule has 190 valence electrons. The predicted octanol–water partition coefficient (Wildman–Crippen LogP) is 4.54. The zero-order valence-corrected chi connectivity index (χ0v) is 20.5. The molecule has 2 saturated heterocycles. The van der Waals surface area contributed by atoms with Crippen LogP contribution in [0, 0.1) is 5.82 Å². The number of hydrogen-bond acceptors (Lipinski definition) is 6. The Balaban J connectivity index is 1.27. The van der Waals surface area contributed by atoms with Crippen LogP contribution in [-0.4, -0.2) is 61.7 Å². The molecule has 1 atom stereocenters. The third kappa shape index (κ3) is 4.79. The lowest BCUT2D eigenvalue weighted by atomic mass is 9.93. The molecule has 2 aliphatic rings. The fourth-order valence-electron chi connectivity index (χ4n) is 5.69. The van der Waals surface area contributed by atoms with Gasteiger partial charge in [0.25, 0.3) is 0 Å². The van der Waals surface area contributed by atoms with Crippen molar-refractivity contribution in [2.45, 2.75) is 37.6 Å². The van der Waals surface area contributed by atoms with Crippen LogP contribution in [0.1, 0.15) is 48.9 Å². The summed E-state index contributed by atoms with van der Waals surface area (Å²) in [5, 5.41) is 14.0. The zero-order valence-electron chi connectivity index (χ0n) is 20.5. The van der Waals surface area contributed by atoms with E-state index in [9.17, 15) is 9.18 Å². The molecule has 0 bridgehead atoms. The third-order valence-corrected chi connectivity index (χ3v) is 7.53. The number of rotatable bonds is 6. The van der Waals surface area contributed by atoms with Crippen molar-refractivity contribution in [3.8, 4) is 11.4 Å². The summed E-state index contributed by atoms with van der Waals surface area (Å²) in [6, 6.07) is 16.9. The van der Waals surface area contributed by atoms with Crippen molar-refractivity contribution in [1.29, 1.82) is 0 Å². The Bertz CT molecular complexity index is 1430. The van der Waals surface area contributed by atoms with E-state index in [1.54, 1.807) is 12.1 Å². The first-order chi connectivity index (χ1) is 18.0. The largest absolute Gasteiger partial charge is 0.480 e. The van der Waals surface area contributed by atoms with Gasteiger partial charge in [0.15, 0.2) is 5.65 Å². The van der Waals surface area contributed by atoms with Crippen LogP contribution in [0.4, 0.5) is 10.2 Å². The second kappa shape index (κ2) is 9.89. The lowest BCUT2D eigenvalue weighted by molar-refractivity contribution is -0.138. The normalized spacial score (nSPS) is 19.1. The molecular formula is C28H29FN6O2. The molecule has 9 heteroatoms. The number of imidazole rings is 1. The number of carboxylic acid groups (broad SMARTS) is 1. The average molecular weight is 501 g/mol. The summed E-state index contributed by atoms with van der Waals surface area (Å²) < 4.78 is 15.8. The van der Waals surface area contributed by atoms with Crippen molar-refractivity contribution in [3.63, 3.8) is 0 Å². The summed E-state index contributed by atoms with van der Waals surface area (Å²) in [6.45, 7) is 2.46. The number of benzene rings is 1. The molecule has 0 radical (unpaired) electrons. The maximum atomic E-state index is 13.9. The Morgan fingerprint density at radius 2 is 1.86 bits per heavy atom. The van der Waals surface area contributed by atoms with Crippen LogP contribution in [0.2, 0.25) is 0 Å². The molecule has 8 nitrogen and oxygen atoms in total. The van der Waals surface area contributed by atoms with Crippen molar-refractivity contribution in [3.05, 3.63) is 77.9 Å². The predicted molar refractivity (Wildman–Crippen MR) is 138 cm³/mol. The van der Waals surface area contributed by atoms with E-state index >= 15 is 0 Å². The fraction of sp³-hybridized carbons (Fsp3) is 0.357. The number of hydrogen-bond donors (Lipinski definition) is 1. The monoisotopic (exact) mass is 500 g/mol. The topological polar surface area (TPSA) is 86.9 Å². The minimum Gasteiger partial charge on any atom is -0.480 e. The lowest BCUT2D eigenvalue weighted by Gasteiger charge is -2.30. The molecule has 1 aromatic carbocycles. The number of anilines is 1. The molecule has 0 saturated carbocycles. The van der Waals surface area contributed by atoms with Gasteiger partial charge in [0.2, 0.25) is 0 Å². The number of nitrogens with zero attached hydrogens (tertiary/aromatic N) is 6. The minimum absolute atomic E-state index is 0.0843. The summed E-state index contributed by atoms with van der Waals surface area (Å²) >= 11 is 0. The van der Waals surface area contributed by atoms with Gasteiger partial charge in [-0.05, 0) is 80.7 Å². The van der Waals surface area contributed by atoms with Gasteiger partial charge in [-0.1, -0.05) is 18.2 Å². The number of carboxylic acids is 1. The number of likely N-dealkylation sites (tertiary alicyclic amines) is 1. The molecule has 3 aromatic heterocycles. The van der Waals surface area contributed by atoms with Gasteiger partial charge in [-0.3, -0.25) is 14.7 Å².